The van der Waals surface area contributed by atoms with E-state index in [9.17, 15) is 40.5 Å². The summed E-state index contributed by atoms with van der Waals surface area (Å²) >= 11 is 0. The van der Waals surface area contributed by atoms with Gasteiger partial charge in [-0.25, -0.2) is 0 Å². The number of rotatable bonds is 8. The van der Waals surface area contributed by atoms with Gasteiger partial charge in [0.1, 0.15) is 0 Å². The van der Waals surface area contributed by atoms with Gasteiger partial charge >= 0.3 is 18.3 Å². The number of alkyl halides is 6. The third-order valence-electron chi connectivity index (χ3n) is 4.60. The Balaban J connectivity index is 2.63. The van der Waals surface area contributed by atoms with Crippen LogP contribution in [0.3, 0.4) is 0 Å². The summed E-state index contributed by atoms with van der Waals surface area (Å²) < 4.78 is 100. The van der Waals surface area contributed by atoms with E-state index in [1.54, 1.807) is 13.8 Å². The third kappa shape index (κ3) is 6.47. The summed E-state index contributed by atoms with van der Waals surface area (Å²) in [4.78, 5) is 25.3. The van der Waals surface area contributed by atoms with Crippen molar-refractivity contribution in [3.8, 4) is 0 Å². The minimum Gasteiger partial charge on any atom is -0.465 e. The molecule has 0 aromatic heterocycles. The molecule has 2 rings (SSSR count). The summed E-state index contributed by atoms with van der Waals surface area (Å²) in [6.07, 6.45) is -12.0. The molecule has 33 heavy (non-hydrogen) atoms. The first kappa shape index (κ1) is 26.6. The summed E-state index contributed by atoms with van der Waals surface area (Å²) in [5.41, 5.74) is -7.23. The van der Waals surface area contributed by atoms with Gasteiger partial charge in [0, 0.05) is 11.5 Å². The summed E-state index contributed by atoms with van der Waals surface area (Å²) in [7, 11) is -4.62. The Labute approximate surface area is 186 Å². The van der Waals surface area contributed by atoms with Crippen molar-refractivity contribution in [2.24, 2.45) is 5.92 Å². The molecule has 0 radical (unpaired) electrons. The van der Waals surface area contributed by atoms with Crippen LogP contribution >= 0.6 is 7.14 Å². The summed E-state index contributed by atoms with van der Waals surface area (Å²) in [6, 6.07) is 7.67. The van der Waals surface area contributed by atoms with Gasteiger partial charge in [-0.15, -0.1) is 0 Å². The highest BCUT2D eigenvalue weighted by atomic mass is 31.2. The smallest absolute Gasteiger partial charge is 0.417 e. The minimum atomic E-state index is -5.32. The van der Waals surface area contributed by atoms with E-state index in [0.29, 0.717) is 18.2 Å². The number of carbonyl (C=O) groups is 2. The molecule has 0 aliphatic rings. The van der Waals surface area contributed by atoms with E-state index in [2.05, 4.69) is 0 Å². The predicted molar refractivity (Wildman–Crippen MR) is 110 cm³/mol. The number of carbonyl (C=O) groups excluding carboxylic acids is 2. The van der Waals surface area contributed by atoms with Crippen molar-refractivity contribution < 1.29 is 45.2 Å². The molecule has 11 heteroatoms. The van der Waals surface area contributed by atoms with E-state index in [-0.39, 0.29) is 17.8 Å². The molecule has 0 N–H and O–H groups in total. The zero-order valence-electron chi connectivity index (χ0n) is 17.7. The van der Waals surface area contributed by atoms with Crippen molar-refractivity contribution in [1.29, 1.82) is 0 Å². The molecule has 1 atom stereocenters. The fourth-order valence-corrected chi connectivity index (χ4v) is 5.48. The Hall–Kier alpha value is -2.61. The second-order valence-corrected chi connectivity index (χ2v) is 10.5. The molecule has 0 fully saturated rings. The summed E-state index contributed by atoms with van der Waals surface area (Å²) in [6.45, 7) is 3.51. The summed E-state index contributed by atoms with van der Waals surface area (Å²) in [5, 5.41) is -0.253. The Morgan fingerprint density at radius 2 is 1.39 bits per heavy atom. The average molecular weight is 494 g/mol. The highest BCUT2D eigenvalue weighted by molar-refractivity contribution is 7.87. The van der Waals surface area contributed by atoms with Crippen molar-refractivity contribution in [2.45, 2.75) is 32.6 Å². The minimum absolute atomic E-state index is 0.0115. The molecule has 0 spiro atoms. The molecule has 2 aromatic carbocycles. The van der Waals surface area contributed by atoms with Crippen LogP contribution in [0.1, 0.15) is 41.8 Å². The van der Waals surface area contributed by atoms with Gasteiger partial charge in [0.25, 0.3) is 0 Å². The van der Waals surface area contributed by atoms with Gasteiger partial charge in [-0.1, -0.05) is 50.2 Å². The SMILES string of the molecule is CC(C)COC(=O)CCP(=O)(C(=O)c1c(C(F)(F)F)cccc1C(F)(F)F)c1ccccc1. The Morgan fingerprint density at radius 3 is 1.85 bits per heavy atom. The van der Waals surface area contributed by atoms with E-state index >= 15 is 0 Å². The first-order valence-corrected chi connectivity index (χ1v) is 11.7. The normalized spacial score (nSPS) is 14.1. The molecule has 180 valence electrons. The molecule has 0 saturated heterocycles. The zero-order valence-corrected chi connectivity index (χ0v) is 18.6. The lowest BCUT2D eigenvalue weighted by Crippen LogP contribution is -2.24. The Bertz CT molecular complexity index is 1010. The molecular weight excluding hydrogens is 473 g/mol. The molecule has 0 bridgehead atoms. The molecule has 2 aromatic rings. The first-order chi connectivity index (χ1) is 15.2. The maximum atomic E-state index is 13.8. The number of esters is 1. The largest absolute Gasteiger partial charge is 0.465 e. The van der Waals surface area contributed by atoms with E-state index in [1.165, 1.54) is 30.3 Å². The molecule has 0 heterocycles. The average Bonchev–Trinajstić information content (AvgIpc) is 2.74. The van der Waals surface area contributed by atoms with Crippen LogP contribution in [0.5, 0.6) is 0 Å². The third-order valence-corrected chi connectivity index (χ3v) is 7.46. The highest BCUT2D eigenvalue weighted by Gasteiger charge is 2.47. The van der Waals surface area contributed by atoms with Crippen LogP contribution in [0.15, 0.2) is 48.5 Å². The van der Waals surface area contributed by atoms with Crippen molar-refractivity contribution in [1.82, 2.24) is 0 Å². The van der Waals surface area contributed by atoms with E-state index < -0.39 is 60.3 Å². The number of hydrogen-bond acceptors (Lipinski definition) is 4. The fraction of sp³-hybridized carbons (Fsp3) is 0.364. The number of hydrogen-bond donors (Lipinski definition) is 0. The lowest BCUT2D eigenvalue weighted by atomic mass is 10.0. The van der Waals surface area contributed by atoms with Gasteiger partial charge in [0.05, 0.1) is 29.7 Å². The number of benzene rings is 2. The van der Waals surface area contributed by atoms with Gasteiger partial charge in [-0.05, 0) is 18.1 Å². The first-order valence-electron chi connectivity index (χ1n) is 9.80. The second kappa shape index (κ2) is 10.1. The topological polar surface area (TPSA) is 60.4 Å². The van der Waals surface area contributed by atoms with Crippen LogP contribution < -0.4 is 5.30 Å². The van der Waals surface area contributed by atoms with Gasteiger partial charge in [-0.3, -0.25) is 9.59 Å². The molecule has 0 amide bonds. The predicted octanol–water partition coefficient (Wildman–Crippen LogP) is 6.14. The lowest BCUT2D eigenvalue weighted by molar-refractivity contribution is -0.145. The maximum absolute atomic E-state index is 13.8. The number of halogens is 6. The second-order valence-electron chi connectivity index (χ2n) is 7.65. The van der Waals surface area contributed by atoms with Crippen LogP contribution in [0.25, 0.3) is 0 Å². The van der Waals surface area contributed by atoms with Crippen molar-refractivity contribution in [3.05, 3.63) is 65.2 Å². The molecular formula is C22H21F6O4P. The Morgan fingerprint density at radius 1 is 0.879 bits per heavy atom. The van der Waals surface area contributed by atoms with E-state index in [4.69, 9.17) is 4.74 Å². The van der Waals surface area contributed by atoms with Gasteiger partial charge < -0.3 is 9.30 Å². The van der Waals surface area contributed by atoms with Crippen molar-refractivity contribution in [2.75, 3.05) is 12.8 Å². The van der Waals surface area contributed by atoms with Crippen LogP contribution in [-0.4, -0.2) is 24.3 Å². The van der Waals surface area contributed by atoms with Gasteiger partial charge in [-0.2, -0.15) is 26.3 Å². The fourth-order valence-electron chi connectivity index (χ4n) is 3.03. The molecule has 1 unspecified atom stereocenters. The molecule has 0 aliphatic heterocycles. The quantitative estimate of drug-likeness (QED) is 0.251. The summed E-state index contributed by atoms with van der Waals surface area (Å²) in [5.74, 6) is -0.905. The van der Waals surface area contributed by atoms with E-state index in [0.717, 1.165) is 0 Å². The van der Waals surface area contributed by atoms with Crippen LogP contribution in [0.4, 0.5) is 26.3 Å². The lowest BCUT2D eigenvalue weighted by Gasteiger charge is -2.23. The monoisotopic (exact) mass is 494 g/mol. The van der Waals surface area contributed by atoms with E-state index in [1.807, 2.05) is 0 Å². The van der Waals surface area contributed by atoms with Crippen LogP contribution in [0, 0.1) is 5.92 Å². The highest BCUT2D eigenvalue weighted by Crippen LogP contribution is 2.52. The van der Waals surface area contributed by atoms with Crippen molar-refractivity contribution in [3.63, 3.8) is 0 Å². The molecule has 0 saturated carbocycles. The van der Waals surface area contributed by atoms with Gasteiger partial charge in [0.2, 0.25) is 5.52 Å². The standard InChI is InChI=1S/C22H21F6O4P/c1-14(2)13-32-18(29)11-12-33(31,15-7-4-3-5-8-15)20(30)19-16(21(23,24)25)9-6-10-17(19)22(26,27)28/h3-10,14H,11-13H2,1-2H3. The van der Waals surface area contributed by atoms with Crippen LogP contribution in [-0.2, 0) is 26.4 Å². The van der Waals surface area contributed by atoms with Crippen molar-refractivity contribution >= 4 is 23.9 Å². The Kier molecular flexibility index (Phi) is 8.17. The number of ether oxygens (including phenoxy) is 1. The maximum Gasteiger partial charge on any atom is 0.417 e. The van der Waals surface area contributed by atoms with Crippen LogP contribution in [0.2, 0.25) is 0 Å². The zero-order chi connectivity index (χ0) is 25.0. The van der Waals surface area contributed by atoms with Gasteiger partial charge in [0.15, 0.2) is 7.14 Å². The molecule has 4 nitrogen and oxygen atoms in total. The molecule has 0 aliphatic carbocycles.